The molecule has 3 rings (SSSR count). The number of para-hydroxylation sites is 1. The summed E-state index contributed by atoms with van der Waals surface area (Å²) < 4.78 is 0. The number of hydrogen-bond donors (Lipinski definition) is 1. The molecule has 27 heavy (non-hydrogen) atoms. The second-order valence-corrected chi connectivity index (χ2v) is 7.25. The van der Waals surface area contributed by atoms with Crippen molar-refractivity contribution in [2.45, 2.75) is 27.7 Å². The SMILES string of the molecule is Cc1cc(C)c(C)c(-c2nnc(NC(=O)c3ccccc3[N+](=O)[O-])s2)c1C. The summed E-state index contributed by atoms with van der Waals surface area (Å²) in [6.07, 6.45) is 0. The molecule has 1 aromatic heterocycles. The largest absolute Gasteiger partial charge is 0.296 e. The molecule has 0 bridgehead atoms. The summed E-state index contributed by atoms with van der Waals surface area (Å²) in [5, 5.41) is 23.0. The molecule has 0 saturated carbocycles. The third kappa shape index (κ3) is 3.56. The fraction of sp³-hybridized carbons (Fsp3) is 0.211. The molecule has 1 amide bonds. The number of aryl methyl sites for hydroxylation is 2. The highest BCUT2D eigenvalue weighted by Gasteiger charge is 2.21. The lowest BCUT2D eigenvalue weighted by Gasteiger charge is -2.12. The maximum Gasteiger partial charge on any atom is 0.282 e. The van der Waals surface area contributed by atoms with Gasteiger partial charge in [-0.1, -0.05) is 29.5 Å². The highest BCUT2D eigenvalue weighted by molar-refractivity contribution is 7.18. The van der Waals surface area contributed by atoms with Crippen LogP contribution in [0.25, 0.3) is 10.6 Å². The van der Waals surface area contributed by atoms with Crippen molar-refractivity contribution < 1.29 is 9.72 Å². The molecule has 0 saturated heterocycles. The molecular weight excluding hydrogens is 364 g/mol. The van der Waals surface area contributed by atoms with Crippen LogP contribution in [0.2, 0.25) is 0 Å². The Balaban J connectivity index is 1.93. The van der Waals surface area contributed by atoms with Crippen LogP contribution in [0.5, 0.6) is 0 Å². The van der Waals surface area contributed by atoms with E-state index in [9.17, 15) is 14.9 Å². The van der Waals surface area contributed by atoms with Crippen LogP contribution in [0.15, 0.2) is 30.3 Å². The first-order chi connectivity index (χ1) is 12.8. The predicted molar refractivity (Wildman–Crippen MR) is 105 cm³/mol. The lowest BCUT2D eigenvalue weighted by atomic mass is 9.95. The number of hydrogen-bond acceptors (Lipinski definition) is 6. The second-order valence-electron chi connectivity index (χ2n) is 6.28. The number of rotatable bonds is 4. The van der Waals surface area contributed by atoms with Gasteiger partial charge in [0.25, 0.3) is 11.6 Å². The van der Waals surface area contributed by atoms with Gasteiger partial charge in [-0.15, -0.1) is 10.2 Å². The molecular formula is C19H18N4O3S. The van der Waals surface area contributed by atoms with Gasteiger partial charge in [0, 0.05) is 11.6 Å². The standard InChI is InChI=1S/C19H18N4O3S/c1-10-9-11(2)13(4)16(12(10)3)18-21-22-19(27-18)20-17(24)14-7-5-6-8-15(14)23(25)26/h5-9H,1-4H3,(H,20,22,24). The van der Waals surface area contributed by atoms with Crippen molar-refractivity contribution in [2.75, 3.05) is 5.32 Å². The quantitative estimate of drug-likeness (QED) is 0.525. The van der Waals surface area contributed by atoms with Crippen LogP contribution >= 0.6 is 11.3 Å². The van der Waals surface area contributed by atoms with E-state index in [1.54, 1.807) is 6.07 Å². The third-order valence-corrected chi connectivity index (χ3v) is 5.43. The Hall–Kier alpha value is -3.13. The Kier molecular flexibility index (Phi) is 5.00. The van der Waals surface area contributed by atoms with E-state index < -0.39 is 10.8 Å². The molecule has 3 aromatic rings. The lowest BCUT2D eigenvalue weighted by Crippen LogP contribution is -2.13. The number of carbonyl (C=O) groups is 1. The second kappa shape index (κ2) is 7.24. The highest BCUT2D eigenvalue weighted by atomic mass is 32.1. The number of nitro groups is 1. The molecule has 0 aliphatic rings. The fourth-order valence-electron chi connectivity index (χ4n) is 2.90. The van der Waals surface area contributed by atoms with Crippen LogP contribution in [0, 0.1) is 37.8 Å². The van der Waals surface area contributed by atoms with Crippen LogP contribution < -0.4 is 5.32 Å². The number of nitro benzene ring substituents is 1. The van der Waals surface area contributed by atoms with Crippen molar-refractivity contribution in [3.05, 3.63) is 68.3 Å². The normalized spacial score (nSPS) is 10.7. The number of benzene rings is 2. The van der Waals surface area contributed by atoms with Crippen molar-refractivity contribution in [2.24, 2.45) is 0 Å². The van der Waals surface area contributed by atoms with Gasteiger partial charge >= 0.3 is 0 Å². The first kappa shape index (κ1) is 18.7. The minimum Gasteiger partial charge on any atom is -0.296 e. The molecule has 0 fully saturated rings. The summed E-state index contributed by atoms with van der Waals surface area (Å²) >= 11 is 1.24. The molecule has 7 nitrogen and oxygen atoms in total. The van der Waals surface area contributed by atoms with E-state index in [1.165, 1.54) is 29.5 Å². The van der Waals surface area contributed by atoms with Gasteiger partial charge in [0.1, 0.15) is 10.6 Å². The van der Waals surface area contributed by atoms with Crippen LogP contribution in [0.1, 0.15) is 32.6 Å². The molecule has 0 aliphatic carbocycles. The molecule has 1 heterocycles. The fourth-order valence-corrected chi connectivity index (χ4v) is 3.80. The molecule has 0 atom stereocenters. The first-order valence-corrected chi connectivity index (χ1v) is 9.07. The molecule has 0 aliphatic heterocycles. The summed E-state index contributed by atoms with van der Waals surface area (Å²) in [7, 11) is 0. The van der Waals surface area contributed by atoms with Gasteiger partial charge < -0.3 is 0 Å². The summed E-state index contributed by atoms with van der Waals surface area (Å²) in [5.41, 5.74) is 5.30. The topological polar surface area (TPSA) is 98.0 Å². The molecule has 138 valence electrons. The van der Waals surface area contributed by atoms with E-state index in [0.29, 0.717) is 10.1 Å². The Bertz CT molecular complexity index is 1030. The van der Waals surface area contributed by atoms with E-state index in [1.807, 2.05) is 27.7 Å². The van der Waals surface area contributed by atoms with Gasteiger partial charge in [0.15, 0.2) is 0 Å². The Morgan fingerprint density at radius 2 is 1.70 bits per heavy atom. The number of nitrogens with one attached hydrogen (secondary N) is 1. The molecule has 0 unspecified atom stereocenters. The van der Waals surface area contributed by atoms with Crippen LogP contribution in [-0.4, -0.2) is 21.0 Å². The first-order valence-electron chi connectivity index (χ1n) is 8.25. The van der Waals surface area contributed by atoms with Gasteiger partial charge in [0.05, 0.1) is 4.92 Å². The Morgan fingerprint density at radius 1 is 1.07 bits per heavy atom. The molecule has 2 aromatic carbocycles. The number of carbonyl (C=O) groups excluding carboxylic acids is 1. The van der Waals surface area contributed by atoms with Gasteiger partial charge in [-0.3, -0.25) is 20.2 Å². The highest BCUT2D eigenvalue weighted by Crippen LogP contribution is 2.35. The lowest BCUT2D eigenvalue weighted by molar-refractivity contribution is -0.385. The van der Waals surface area contributed by atoms with E-state index >= 15 is 0 Å². The van der Waals surface area contributed by atoms with E-state index in [4.69, 9.17) is 0 Å². The van der Waals surface area contributed by atoms with Crippen LogP contribution in [-0.2, 0) is 0 Å². The van der Waals surface area contributed by atoms with Gasteiger partial charge in [-0.2, -0.15) is 0 Å². The average Bonchev–Trinajstić information content (AvgIpc) is 3.08. The zero-order chi connectivity index (χ0) is 19.7. The van der Waals surface area contributed by atoms with Crippen LogP contribution in [0.3, 0.4) is 0 Å². The molecule has 8 heteroatoms. The smallest absolute Gasteiger partial charge is 0.282 e. The van der Waals surface area contributed by atoms with Crippen molar-refractivity contribution in [1.29, 1.82) is 0 Å². The molecule has 0 spiro atoms. The summed E-state index contributed by atoms with van der Waals surface area (Å²) in [4.78, 5) is 23.0. The minimum atomic E-state index is -0.584. The van der Waals surface area contributed by atoms with Crippen LogP contribution in [0.4, 0.5) is 10.8 Å². The Morgan fingerprint density at radius 3 is 2.33 bits per heavy atom. The third-order valence-electron chi connectivity index (χ3n) is 4.57. The zero-order valence-corrected chi connectivity index (χ0v) is 16.2. The number of amides is 1. The zero-order valence-electron chi connectivity index (χ0n) is 15.4. The summed E-state index contributed by atoms with van der Waals surface area (Å²) in [6.45, 7) is 8.15. The van der Waals surface area contributed by atoms with Crippen molar-refractivity contribution in [3.63, 3.8) is 0 Å². The van der Waals surface area contributed by atoms with Crippen molar-refractivity contribution in [3.8, 4) is 10.6 Å². The number of anilines is 1. The van der Waals surface area contributed by atoms with E-state index in [0.717, 1.165) is 27.8 Å². The molecule has 1 N–H and O–H groups in total. The summed E-state index contributed by atoms with van der Waals surface area (Å²) in [6, 6.07) is 7.93. The maximum absolute atomic E-state index is 12.5. The predicted octanol–water partition coefficient (Wildman–Crippen LogP) is 4.60. The summed E-state index contributed by atoms with van der Waals surface area (Å²) in [5.74, 6) is -0.584. The maximum atomic E-state index is 12.5. The number of nitrogens with zero attached hydrogens (tertiary/aromatic N) is 3. The monoisotopic (exact) mass is 382 g/mol. The molecule has 0 radical (unpaired) electrons. The van der Waals surface area contributed by atoms with E-state index in [2.05, 4.69) is 21.6 Å². The van der Waals surface area contributed by atoms with E-state index in [-0.39, 0.29) is 11.3 Å². The average molecular weight is 382 g/mol. The van der Waals surface area contributed by atoms with Gasteiger partial charge in [0.2, 0.25) is 5.13 Å². The van der Waals surface area contributed by atoms with Crippen molar-refractivity contribution >= 4 is 28.1 Å². The minimum absolute atomic E-state index is 0.0157. The number of aromatic nitrogens is 2. The van der Waals surface area contributed by atoms with Gasteiger partial charge in [-0.25, -0.2) is 0 Å². The Labute approximate surface area is 160 Å². The van der Waals surface area contributed by atoms with Crippen molar-refractivity contribution in [1.82, 2.24) is 10.2 Å². The van der Waals surface area contributed by atoms with Gasteiger partial charge in [-0.05, 0) is 56.0 Å².